The first-order valence-electron chi connectivity index (χ1n) is 5.74. The van der Waals surface area contributed by atoms with Crippen LogP contribution in [-0.4, -0.2) is 0 Å². The van der Waals surface area contributed by atoms with Crippen LogP contribution in [-0.2, 0) is 0 Å². The average Bonchev–Trinajstić information content (AvgIpc) is 2.83. The fourth-order valence-corrected chi connectivity index (χ4v) is 3.92. The Labute approximate surface area is 119 Å². The summed E-state index contributed by atoms with van der Waals surface area (Å²) >= 11 is 5.51. The molecule has 0 spiro atoms. The third kappa shape index (κ3) is 2.14. The largest absolute Gasteiger partial charge is 0.142 e. The average molecular weight is 315 g/mol. The molecule has 18 heavy (non-hydrogen) atoms. The van der Waals surface area contributed by atoms with Gasteiger partial charge in [0.05, 0.1) is 0 Å². The fraction of sp³-hybridized carbons (Fsp3) is 0. The van der Waals surface area contributed by atoms with Gasteiger partial charge in [-0.15, -0.1) is 11.3 Å². The van der Waals surface area contributed by atoms with E-state index < -0.39 is 0 Å². The highest BCUT2D eigenvalue weighted by Crippen LogP contribution is 2.41. The van der Waals surface area contributed by atoms with Gasteiger partial charge in [0, 0.05) is 20.3 Å². The van der Waals surface area contributed by atoms with Gasteiger partial charge in [0.1, 0.15) is 0 Å². The second-order valence-electron chi connectivity index (χ2n) is 4.02. The number of hydrogen-bond acceptors (Lipinski definition) is 1. The summed E-state index contributed by atoms with van der Waals surface area (Å²) in [4.78, 5) is 1.29. The molecule has 3 aromatic rings. The highest BCUT2D eigenvalue weighted by atomic mass is 79.9. The minimum Gasteiger partial charge on any atom is -0.142 e. The third-order valence-electron chi connectivity index (χ3n) is 2.85. The van der Waals surface area contributed by atoms with E-state index in [1.165, 1.54) is 26.0 Å². The van der Waals surface area contributed by atoms with E-state index in [1.807, 2.05) is 12.1 Å². The minimum absolute atomic E-state index is 1.19. The van der Waals surface area contributed by atoms with Crippen molar-refractivity contribution in [1.29, 1.82) is 0 Å². The number of hydrogen-bond donors (Lipinski definition) is 0. The van der Waals surface area contributed by atoms with Crippen LogP contribution in [0.3, 0.4) is 0 Å². The molecule has 0 amide bonds. The second-order valence-corrected chi connectivity index (χ2v) is 5.70. The zero-order valence-electron chi connectivity index (χ0n) is 9.64. The molecule has 88 valence electrons. The van der Waals surface area contributed by atoms with Crippen LogP contribution in [0.25, 0.3) is 21.6 Å². The summed E-state index contributed by atoms with van der Waals surface area (Å²) in [5.41, 5.74) is 3.78. The van der Waals surface area contributed by atoms with Gasteiger partial charge >= 0.3 is 0 Å². The van der Waals surface area contributed by atoms with Crippen LogP contribution in [0.2, 0.25) is 0 Å². The Balaban J connectivity index is 2.09. The van der Waals surface area contributed by atoms with Crippen LogP contribution in [0.15, 0.2) is 70.5 Å². The van der Waals surface area contributed by atoms with Crippen molar-refractivity contribution in [2.45, 2.75) is 0 Å². The van der Waals surface area contributed by atoms with Crippen molar-refractivity contribution in [1.82, 2.24) is 0 Å². The van der Waals surface area contributed by atoms with Crippen LogP contribution in [0.1, 0.15) is 0 Å². The molecular weight excluding hydrogens is 304 g/mol. The Morgan fingerprint density at radius 3 is 1.89 bits per heavy atom. The molecule has 0 N–H and O–H groups in total. The van der Waals surface area contributed by atoms with E-state index in [9.17, 15) is 0 Å². The normalized spacial score (nSPS) is 10.5. The Kier molecular flexibility index (Phi) is 3.31. The molecule has 0 nitrogen and oxygen atoms in total. The first-order valence-corrected chi connectivity index (χ1v) is 7.41. The quantitative estimate of drug-likeness (QED) is 0.557. The van der Waals surface area contributed by atoms with Crippen molar-refractivity contribution < 1.29 is 0 Å². The van der Waals surface area contributed by atoms with E-state index in [4.69, 9.17) is 0 Å². The van der Waals surface area contributed by atoms with Gasteiger partial charge in [0.2, 0.25) is 0 Å². The van der Waals surface area contributed by atoms with Gasteiger partial charge in [0.15, 0.2) is 0 Å². The lowest BCUT2D eigenvalue weighted by molar-refractivity contribution is 1.64. The summed E-state index contributed by atoms with van der Waals surface area (Å²) < 4.78 is 1.19. The predicted molar refractivity (Wildman–Crippen MR) is 82.9 cm³/mol. The monoisotopic (exact) mass is 314 g/mol. The molecule has 0 fully saturated rings. The maximum atomic E-state index is 3.74. The van der Waals surface area contributed by atoms with Gasteiger partial charge in [-0.05, 0) is 27.1 Å². The fourth-order valence-electron chi connectivity index (χ4n) is 1.94. The molecule has 0 aliphatic heterocycles. The van der Waals surface area contributed by atoms with Crippen LogP contribution < -0.4 is 0 Å². The van der Waals surface area contributed by atoms with Gasteiger partial charge in [0.25, 0.3) is 0 Å². The predicted octanol–water partition coefficient (Wildman–Crippen LogP) is 5.84. The van der Waals surface area contributed by atoms with E-state index in [2.05, 4.69) is 69.8 Å². The highest BCUT2D eigenvalue weighted by molar-refractivity contribution is 9.10. The molecule has 0 aliphatic rings. The molecule has 0 atom stereocenters. The standard InChI is InChI=1S/C16H11BrS/c17-15-14(12-7-3-1-4-8-12)11-18-16(15)13-9-5-2-6-10-13/h1-11H. The van der Waals surface area contributed by atoms with Crippen molar-refractivity contribution in [3.8, 4) is 21.6 Å². The molecule has 2 heteroatoms. The van der Waals surface area contributed by atoms with Crippen LogP contribution in [0.5, 0.6) is 0 Å². The summed E-state index contributed by atoms with van der Waals surface area (Å²) in [5.74, 6) is 0. The van der Waals surface area contributed by atoms with Crippen LogP contribution >= 0.6 is 27.3 Å². The highest BCUT2D eigenvalue weighted by Gasteiger charge is 2.11. The molecule has 0 bridgehead atoms. The molecule has 1 heterocycles. The summed E-state index contributed by atoms with van der Waals surface area (Å²) in [7, 11) is 0. The van der Waals surface area contributed by atoms with Crippen molar-refractivity contribution in [3.05, 3.63) is 70.5 Å². The van der Waals surface area contributed by atoms with E-state index in [0.29, 0.717) is 0 Å². The number of benzene rings is 2. The third-order valence-corrected chi connectivity index (χ3v) is 4.97. The smallest absolute Gasteiger partial charge is 0.0491 e. The zero-order valence-corrected chi connectivity index (χ0v) is 12.0. The topological polar surface area (TPSA) is 0 Å². The number of thiophene rings is 1. The van der Waals surface area contributed by atoms with E-state index in [0.717, 1.165) is 0 Å². The van der Waals surface area contributed by atoms with Gasteiger partial charge < -0.3 is 0 Å². The Morgan fingerprint density at radius 2 is 1.28 bits per heavy atom. The molecule has 1 aromatic heterocycles. The second kappa shape index (κ2) is 5.09. The van der Waals surface area contributed by atoms with Gasteiger partial charge in [-0.25, -0.2) is 0 Å². The first-order chi connectivity index (χ1) is 8.86. The summed E-state index contributed by atoms with van der Waals surface area (Å²) in [5, 5.41) is 2.21. The van der Waals surface area contributed by atoms with Crippen molar-refractivity contribution in [2.75, 3.05) is 0 Å². The lowest BCUT2D eigenvalue weighted by Gasteiger charge is -2.01. The minimum atomic E-state index is 1.19. The first kappa shape index (κ1) is 11.7. The molecule has 0 unspecified atom stereocenters. The Hall–Kier alpha value is -1.38. The summed E-state index contributed by atoms with van der Waals surface area (Å²) in [6, 6.07) is 20.9. The van der Waals surface area contributed by atoms with Gasteiger partial charge in [-0.1, -0.05) is 60.7 Å². The SMILES string of the molecule is Brc1c(-c2ccccc2)csc1-c1ccccc1. The maximum absolute atomic E-state index is 3.74. The Bertz CT molecular complexity index is 584. The molecule has 0 radical (unpaired) electrons. The lowest BCUT2D eigenvalue weighted by atomic mass is 10.1. The van der Waals surface area contributed by atoms with Gasteiger partial charge in [-0.3, -0.25) is 0 Å². The number of rotatable bonds is 2. The summed E-state index contributed by atoms with van der Waals surface area (Å²) in [6.07, 6.45) is 0. The van der Waals surface area contributed by atoms with Crippen molar-refractivity contribution in [3.63, 3.8) is 0 Å². The summed E-state index contributed by atoms with van der Waals surface area (Å²) in [6.45, 7) is 0. The van der Waals surface area contributed by atoms with Crippen LogP contribution in [0, 0.1) is 0 Å². The number of halogens is 1. The van der Waals surface area contributed by atoms with Gasteiger partial charge in [-0.2, -0.15) is 0 Å². The molecule has 0 saturated heterocycles. The van der Waals surface area contributed by atoms with E-state index in [1.54, 1.807) is 11.3 Å². The van der Waals surface area contributed by atoms with Crippen molar-refractivity contribution in [2.24, 2.45) is 0 Å². The van der Waals surface area contributed by atoms with Crippen molar-refractivity contribution >= 4 is 27.3 Å². The molecule has 3 rings (SSSR count). The lowest BCUT2D eigenvalue weighted by Crippen LogP contribution is -1.76. The van der Waals surface area contributed by atoms with E-state index >= 15 is 0 Å². The van der Waals surface area contributed by atoms with E-state index in [-0.39, 0.29) is 0 Å². The zero-order chi connectivity index (χ0) is 12.4. The maximum Gasteiger partial charge on any atom is 0.0491 e. The molecular formula is C16H11BrS. The van der Waals surface area contributed by atoms with Crippen LogP contribution in [0.4, 0.5) is 0 Å². The molecule has 0 saturated carbocycles. The molecule has 0 aliphatic carbocycles. The molecule has 2 aromatic carbocycles. The Morgan fingerprint density at radius 1 is 0.722 bits per heavy atom.